The zero-order valence-corrected chi connectivity index (χ0v) is 8.83. The van der Waals surface area contributed by atoms with Crippen LogP contribution in [0, 0.1) is 12.7 Å². The van der Waals surface area contributed by atoms with Gasteiger partial charge in [-0.3, -0.25) is 0 Å². The van der Waals surface area contributed by atoms with Gasteiger partial charge in [0, 0.05) is 0 Å². The van der Waals surface area contributed by atoms with Gasteiger partial charge in [0.15, 0.2) is 0 Å². The zero-order chi connectivity index (χ0) is 11.5. The average molecular weight is 221 g/mol. The lowest BCUT2D eigenvalue weighted by molar-refractivity contribution is 0.479. The average Bonchev–Trinajstić information content (AvgIpc) is 2.66. The maximum atomic E-state index is 12.9. The van der Waals surface area contributed by atoms with E-state index in [-0.39, 0.29) is 5.82 Å². The number of hydrogen-bond acceptors (Lipinski definition) is 4. The monoisotopic (exact) mass is 221 g/mol. The molecule has 0 aliphatic rings. The minimum Gasteiger partial charge on any atom is -0.444 e. The van der Waals surface area contributed by atoms with Gasteiger partial charge >= 0.3 is 0 Å². The molecule has 0 aliphatic heterocycles. The molecule has 0 saturated carbocycles. The van der Waals surface area contributed by atoms with Crippen LogP contribution in [0.1, 0.15) is 11.7 Å². The molecule has 84 valence electrons. The summed E-state index contributed by atoms with van der Waals surface area (Å²) in [6.07, 6.45) is 1.63. The number of rotatable bonds is 3. The van der Waals surface area contributed by atoms with Crippen LogP contribution in [0.4, 0.5) is 15.8 Å². The third-order valence-electron chi connectivity index (χ3n) is 2.11. The number of oxazole rings is 1. The van der Waals surface area contributed by atoms with Crippen molar-refractivity contribution in [3.63, 3.8) is 0 Å². The van der Waals surface area contributed by atoms with E-state index in [9.17, 15) is 4.39 Å². The van der Waals surface area contributed by atoms with Crippen LogP contribution in [0.15, 0.2) is 28.8 Å². The van der Waals surface area contributed by atoms with Gasteiger partial charge in [-0.15, -0.1) is 0 Å². The summed E-state index contributed by atoms with van der Waals surface area (Å²) in [5.74, 6) is 0.950. The highest BCUT2D eigenvalue weighted by Crippen LogP contribution is 2.19. The normalized spacial score (nSPS) is 10.4. The Kier molecular flexibility index (Phi) is 2.76. The number of nitrogens with two attached hydrogens (primary N) is 1. The molecule has 0 fully saturated rings. The van der Waals surface area contributed by atoms with E-state index in [0.29, 0.717) is 23.8 Å². The highest BCUT2D eigenvalue weighted by Gasteiger charge is 2.03. The zero-order valence-electron chi connectivity index (χ0n) is 8.83. The Bertz CT molecular complexity index is 496. The molecular formula is C11H12FN3O. The molecule has 0 saturated heterocycles. The molecule has 1 heterocycles. The molecule has 5 heteroatoms. The standard InChI is InChI=1S/C11H12FN3O/c1-7-5-15-11(16-7)6-14-10-4-8(12)2-3-9(10)13/h2-5,14H,6,13H2,1H3. The number of hydrogen-bond donors (Lipinski definition) is 2. The molecule has 0 bridgehead atoms. The Morgan fingerprint density at radius 1 is 1.50 bits per heavy atom. The highest BCUT2D eigenvalue weighted by molar-refractivity contribution is 5.65. The van der Waals surface area contributed by atoms with Crippen molar-refractivity contribution in [2.45, 2.75) is 13.5 Å². The van der Waals surface area contributed by atoms with Gasteiger partial charge < -0.3 is 15.5 Å². The summed E-state index contributed by atoms with van der Waals surface area (Å²) in [5, 5.41) is 2.96. The second kappa shape index (κ2) is 4.22. The van der Waals surface area contributed by atoms with Crippen molar-refractivity contribution >= 4 is 11.4 Å². The Morgan fingerprint density at radius 3 is 3.00 bits per heavy atom. The third kappa shape index (κ3) is 2.31. The quantitative estimate of drug-likeness (QED) is 0.781. The summed E-state index contributed by atoms with van der Waals surface area (Å²) in [5.41, 5.74) is 6.71. The molecule has 0 amide bonds. The van der Waals surface area contributed by atoms with Crippen LogP contribution in [0.2, 0.25) is 0 Å². The summed E-state index contributed by atoms with van der Waals surface area (Å²) in [6.45, 7) is 2.19. The summed E-state index contributed by atoms with van der Waals surface area (Å²) >= 11 is 0. The first-order chi connectivity index (χ1) is 7.65. The molecule has 0 aliphatic carbocycles. The lowest BCUT2D eigenvalue weighted by Gasteiger charge is -2.07. The fourth-order valence-electron chi connectivity index (χ4n) is 1.34. The van der Waals surface area contributed by atoms with Crippen LogP contribution in [-0.2, 0) is 6.54 Å². The van der Waals surface area contributed by atoms with Gasteiger partial charge in [-0.05, 0) is 25.1 Å². The van der Waals surface area contributed by atoms with Crippen molar-refractivity contribution in [2.24, 2.45) is 0 Å². The maximum Gasteiger partial charge on any atom is 0.213 e. The predicted octanol–water partition coefficient (Wildman–Crippen LogP) is 2.32. The molecule has 0 spiro atoms. The number of aromatic nitrogens is 1. The van der Waals surface area contributed by atoms with Crippen LogP contribution in [0.5, 0.6) is 0 Å². The number of benzene rings is 1. The van der Waals surface area contributed by atoms with Gasteiger partial charge in [0.05, 0.1) is 24.1 Å². The number of nitrogen functional groups attached to an aromatic ring is 1. The van der Waals surface area contributed by atoms with Crippen molar-refractivity contribution in [3.8, 4) is 0 Å². The molecule has 0 radical (unpaired) electrons. The van der Waals surface area contributed by atoms with Crippen molar-refractivity contribution in [1.29, 1.82) is 0 Å². The molecule has 1 aromatic heterocycles. The SMILES string of the molecule is Cc1cnc(CNc2cc(F)ccc2N)o1. The van der Waals surface area contributed by atoms with Crippen LogP contribution in [0.25, 0.3) is 0 Å². The molecular weight excluding hydrogens is 209 g/mol. The van der Waals surface area contributed by atoms with Crippen LogP contribution >= 0.6 is 0 Å². The van der Waals surface area contributed by atoms with Crippen LogP contribution in [-0.4, -0.2) is 4.98 Å². The third-order valence-corrected chi connectivity index (χ3v) is 2.11. The van der Waals surface area contributed by atoms with Crippen molar-refractivity contribution in [1.82, 2.24) is 4.98 Å². The molecule has 0 atom stereocenters. The topological polar surface area (TPSA) is 64.1 Å². The summed E-state index contributed by atoms with van der Waals surface area (Å²) in [7, 11) is 0. The van der Waals surface area contributed by atoms with Gasteiger partial charge in [0.2, 0.25) is 5.89 Å². The molecule has 3 N–H and O–H groups in total. The van der Waals surface area contributed by atoms with Crippen molar-refractivity contribution in [2.75, 3.05) is 11.1 Å². The minimum atomic E-state index is -0.333. The van der Waals surface area contributed by atoms with E-state index in [1.165, 1.54) is 18.2 Å². The molecule has 1 aromatic carbocycles. The highest BCUT2D eigenvalue weighted by atomic mass is 19.1. The molecule has 4 nitrogen and oxygen atoms in total. The first-order valence-corrected chi connectivity index (χ1v) is 4.85. The first-order valence-electron chi connectivity index (χ1n) is 4.85. The Labute approximate surface area is 92.3 Å². The Balaban J connectivity index is 2.07. The van der Waals surface area contributed by atoms with E-state index in [1.54, 1.807) is 6.20 Å². The predicted molar refractivity (Wildman–Crippen MR) is 59.4 cm³/mol. The largest absolute Gasteiger partial charge is 0.444 e. The summed E-state index contributed by atoms with van der Waals surface area (Å²) in [4.78, 5) is 4.02. The second-order valence-corrected chi connectivity index (χ2v) is 3.45. The van der Waals surface area contributed by atoms with Gasteiger partial charge in [0.25, 0.3) is 0 Å². The number of halogens is 1. The van der Waals surface area contributed by atoms with Gasteiger partial charge in [-0.1, -0.05) is 0 Å². The van der Waals surface area contributed by atoms with Crippen LogP contribution < -0.4 is 11.1 Å². The van der Waals surface area contributed by atoms with Gasteiger partial charge in [-0.25, -0.2) is 9.37 Å². The lowest BCUT2D eigenvalue weighted by Crippen LogP contribution is -2.03. The second-order valence-electron chi connectivity index (χ2n) is 3.45. The van der Waals surface area contributed by atoms with Crippen LogP contribution in [0.3, 0.4) is 0 Å². The fourth-order valence-corrected chi connectivity index (χ4v) is 1.34. The number of nitrogens with zero attached hydrogens (tertiary/aromatic N) is 1. The summed E-state index contributed by atoms with van der Waals surface area (Å²) < 4.78 is 18.2. The summed E-state index contributed by atoms with van der Waals surface area (Å²) in [6, 6.07) is 4.17. The molecule has 16 heavy (non-hydrogen) atoms. The van der Waals surface area contributed by atoms with E-state index >= 15 is 0 Å². The smallest absolute Gasteiger partial charge is 0.213 e. The van der Waals surface area contributed by atoms with E-state index in [2.05, 4.69) is 10.3 Å². The Hall–Kier alpha value is -2.04. The lowest BCUT2D eigenvalue weighted by atomic mass is 10.2. The molecule has 2 rings (SSSR count). The van der Waals surface area contributed by atoms with Crippen molar-refractivity contribution in [3.05, 3.63) is 41.9 Å². The van der Waals surface area contributed by atoms with E-state index in [0.717, 1.165) is 5.76 Å². The molecule has 2 aromatic rings. The maximum absolute atomic E-state index is 12.9. The number of aryl methyl sites for hydroxylation is 1. The van der Waals surface area contributed by atoms with E-state index < -0.39 is 0 Å². The molecule has 0 unspecified atom stereocenters. The van der Waals surface area contributed by atoms with Gasteiger partial charge in [-0.2, -0.15) is 0 Å². The Morgan fingerprint density at radius 2 is 2.31 bits per heavy atom. The minimum absolute atomic E-state index is 0.333. The van der Waals surface area contributed by atoms with Gasteiger partial charge in [0.1, 0.15) is 11.6 Å². The van der Waals surface area contributed by atoms with E-state index in [4.69, 9.17) is 10.2 Å². The fraction of sp³-hybridized carbons (Fsp3) is 0.182. The number of anilines is 2. The first kappa shape index (κ1) is 10.5. The van der Waals surface area contributed by atoms with Crippen molar-refractivity contribution < 1.29 is 8.81 Å². The number of nitrogens with one attached hydrogen (secondary N) is 1. The van der Waals surface area contributed by atoms with E-state index in [1.807, 2.05) is 6.92 Å².